The SMILES string of the molecule is CN(c1ccccc1)c1ccc(C(c2ccccc2)c2ccc(N(C)c3ccccc3)cc2)cc1. The van der Waals surface area contributed by atoms with Crippen LogP contribution in [0.25, 0.3) is 0 Å². The maximum atomic E-state index is 2.26. The first kappa shape index (κ1) is 22.5. The highest BCUT2D eigenvalue weighted by molar-refractivity contribution is 5.64. The van der Waals surface area contributed by atoms with Gasteiger partial charge in [-0.15, -0.1) is 0 Å². The van der Waals surface area contributed by atoms with Crippen LogP contribution < -0.4 is 9.80 Å². The zero-order valence-electron chi connectivity index (χ0n) is 20.3. The molecule has 0 atom stereocenters. The Kier molecular flexibility index (Phi) is 6.63. The van der Waals surface area contributed by atoms with Gasteiger partial charge in [0.1, 0.15) is 0 Å². The Balaban J connectivity index is 1.46. The van der Waals surface area contributed by atoms with Crippen LogP contribution in [0.15, 0.2) is 140 Å². The molecule has 172 valence electrons. The van der Waals surface area contributed by atoms with Gasteiger partial charge in [0.05, 0.1) is 0 Å². The van der Waals surface area contributed by atoms with Gasteiger partial charge in [0.2, 0.25) is 0 Å². The highest BCUT2D eigenvalue weighted by atomic mass is 15.1. The largest absolute Gasteiger partial charge is 0.345 e. The van der Waals surface area contributed by atoms with Crippen molar-refractivity contribution < 1.29 is 0 Å². The lowest BCUT2D eigenvalue weighted by Crippen LogP contribution is -2.10. The van der Waals surface area contributed by atoms with E-state index in [0.29, 0.717) is 0 Å². The zero-order chi connectivity index (χ0) is 24.0. The molecule has 35 heavy (non-hydrogen) atoms. The second-order valence-corrected chi connectivity index (χ2v) is 8.82. The smallest absolute Gasteiger partial charge is 0.0408 e. The summed E-state index contributed by atoms with van der Waals surface area (Å²) in [6.45, 7) is 0. The first-order valence-electron chi connectivity index (χ1n) is 12.0. The Morgan fingerprint density at radius 1 is 0.343 bits per heavy atom. The van der Waals surface area contributed by atoms with Crippen LogP contribution in [-0.4, -0.2) is 14.1 Å². The second-order valence-electron chi connectivity index (χ2n) is 8.82. The first-order chi connectivity index (χ1) is 17.2. The topological polar surface area (TPSA) is 6.48 Å². The molecule has 0 aromatic heterocycles. The van der Waals surface area contributed by atoms with E-state index in [4.69, 9.17) is 0 Å². The number of nitrogens with zero attached hydrogens (tertiary/aromatic N) is 2. The van der Waals surface area contributed by atoms with Crippen LogP contribution >= 0.6 is 0 Å². The molecule has 0 aliphatic carbocycles. The lowest BCUT2D eigenvalue weighted by molar-refractivity contribution is 0.975. The summed E-state index contributed by atoms with van der Waals surface area (Å²) in [4.78, 5) is 4.44. The van der Waals surface area contributed by atoms with E-state index in [1.807, 2.05) is 12.1 Å². The number of benzene rings is 5. The van der Waals surface area contributed by atoms with E-state index in [0.717, 1.165) is 0 Å². The Hall–Kier alpha value is -4.30. The molecule has 0 radical (unpaired) electrons. The molecule has 0 saturated carbocycles. The third-order valence-corrected chi connectivity index (χ3v) is 6.65. The maximum absolute atomic E-state index is 2.26. The van der Waals surface area contributed by atoms with Crippen LogP contribution in [0.1, 0.15) is 22.6 Å². The molecule has 0 unspecified atom stereocenters. The predicted octanol–water partition coefficient (Wildman–Crippen LogP) is 8.40. The fraction of sp³-hybridized carbons (Fsp3) is 0.0909. The van der Waals surface area contributed by atoms with E-state index in [1.54, 1.807) is 0 Å². The van der Waals surface area contributed by atoms with Gasteiger partial charge in [0, 0.05) is 42.8 Å². The van der Waals surface area contributed by atoms with Gasteiger partial charge in [-0.05, 0) is 65.2 Å². The second kappa shape index (κ2) is 10.3. The number of para-hydroxylation sites is 2. The van der Waals surface area contributed by atoms with Crippen molar-refractivity contribution >= 4 is 22.7 Å². The fourth-order valence-electron chi connectivity index (χ4n) is 4.60. The van der Waals surface area contributed by atoms with E-state index >= 15 is 0 Å². The van der Waals surface area contributed by atoms with Crippen molar-refractivity contribution in [3.63, 3.8) is 0 Å². The van der Waals surface area contributed by atoms with Crippen molar-refractivity contribution in [2.45, 2.75) is 5.92 Å². The molecule has 2 heteroatoms. The quantitative estimate of drug-likeness (QED) is 0.228. The minimum atomic E-state index is 0.170. The van der Waals surface area contributed by atoms with Crippen molar-refractivity contribution in [2.24, 2.45) is 0 Å². The van der Waals surface area contributed by atoms with Crippen LogP contribution in [0.3, 0.4) is 0 Å². The van der Waals surface area contributed by atoms with Gasteiger partial charge >= 0.3 is 0 Å². The first-order valence-corrected chi connectivity index (χ1v) is 12.0. The van der Waals surface area contributed by atoms with Crippen LogP contribution in [0.2, 0.25) is 0 Å². The molecule has 0 fully saturated rings. The highest BCUT2D eigenvalue weighted by Crippen LogP contribution is 2.35. The van der Waals surface area contributed by atoms with Crippen LogP contribution in [0.5, 0.6) is 0 Å². The highest BCUT2D eigenvalue weighted by Gasteiger charge is 2.17. The molecule has 0 N–H and O–H groups in total. The average Bonchev–Trinajstić information content (AvgIpc) is 2.95. The molecule has 0 aliphatic rings. The van der Waals surface area contributed by atoms with Crippen molar-refractivity contribution in [1.82, 2.24) is 0 Å². The summed E-state index contributed by atoms with van der Waals surface area (Å²) in [5.74, 6) is 0.170. The standard InChI is InChI=1S/C33H30N2/c1-34(29-14-8-4-9-15-29)31-22-18-27(19-23-31)33(26-12-6-3-7-13-26)28-20-24-32(25-21-28)35(2)30-16-10-5-11-17-30/h3-25,33H,1-2H3. The summed E-state index contributed by atoms with van der Waals surface area (Å²) < 4.78 is 0. The molecule has 0 bridgehead atoms. The average molecular weight is 455 g/mol. The van der Waals surface area contributed by atoms with E-state index in [-0.39, 0.29) is 5.92 Å². The molecular weight excluding hydrogens is 424 g/mol. The summed E-state index contributed by atoms with van der Waals surface area (Å²) >= 11 is 0. The van der Waals surface area contributed by atoms with Crippen molar-refractivity contribution in [2.75, 3.05) is 23.9 Å². The molecule has 5 aromatic carbocycles. The van der Waals surface area contributed by atoms with Gasteiger partial charge in [-0.3, -0.25) is 0 Å². The van der Waals surface area contributed by atoms with Crippen LogP contribution in [0.4, 0.5) is 22.7 Å². The van der Waals surface area contributed by atoms with E-state index in [9.17, 15) is 0 Å². The third kappa shape index (κ3) is 4.97. The van der Waals surface area contributed by atoms with Gasteiger partial charge in [-0.2, -0.15) is 0 Å². The maximum Gasteiger partial charge on any atom is 0.0408 e. The van der Waals surface area contributed by atoms with Gasteiger partial charge < -0.3 is 9.80 Å². The molecule has 0 heterocycles. The minimum absolute atomic E-state index is 0.170. The number of hydrogen-bond donors (Lipinski definition) is 0. The van der Waals surface area contributed by atoms with Crippen LogP contribution in [0, 0.1) is 0 Å². The molecule has 0 spiro atoms. The Bertz CT molecular complexity index is 1240. The van der Waals surface area contributed by atoms with Crippen molar-refractivity contribution in [3.05, 3.63) is 156 Å². The number of hydrogen-bond acceptors (Lipinski definition) is 2. The van der Waals surface area contributed by atoms with Crippen molar-refractivity contribution in [3.8, 4) is 0 Å². The minimum Gasteiger partial charge on any atom is -0.345 e. The summed E-state index contributed by atoms with van der Waals surface area (Å²) in [5.41, 5.74) is 8.56. The molecule has 0 amide bonds. The van der Waals surface area contributed by atoms with Crippen molar-refractivity contribution in [1.29, 1.82) is 0 Å². The Labute approximate surface area is 208 Å². The lowest BCUT2D eigenvalue weighted by Gasteiger charge is -2.24. The molecule has 5 aromatic rings. The van der Waals surface area contributed by atoms with E-state index in [2.05, 4.69) is 151 Å². The van der Waals surface area contributed by atoms with Gasteiger partial charge in [0.25, 0.3) is 0 Å². The van der Waals surface area contributed by atoms with Crippen LogP contribution in [-0.2, 0) is 0 Å². The summed E-state index contributed by atoms with van der Waals surface area (Å²) in [6, 6.07) is 49.6. The molecular formula is C33H30N2. The number of rotatable bonds is 7. The Morgan fingerprint density at radius 3 is 1.00 bits per heavy atom. The summed E-state index contributed by atoms with van der Waals surface area (Å²) in [5, 5.41) is 0. The molecule has 5 rings (SSSR count). The van der Waals surface area contributed by atoms with E-state index < -0.39 is 0 Å². The zero-order valence-corrected chi connectivity index (χ0v) is 20.3. The molecule has 0 aliphatic heterocycles. The third-order valence-electron chi connectivity index (χ3n) is 6.65. The summed E-state index contributed by atoms with van der Waals surface area (Å²) in [6.07, 6.45) is 0. The summed E-state index contributed by atoms with van der Waals surface area (Å²) in [7, 11) is 4.22. The molecule has 2 nitrogen and oxygen atoms in total. The monoisotopic (exact) mass is 454 g/mol. The van der Waals surface area contributed by atoms with Gasteiger partial charge in [-0.25, -0.2) is 0 Å². The van der Waals surface area contributed by atoms with E-state index in [1.165, 1.54) is 39.4 Å². The molecule has 0 saturated heterocycles. The fourth-order valence-corrected chi connectivity index (χ4v) is 4.60. The Morgan fingerprint density at radius 2 is 0.629 bits per heavy atom. The predicted molar refractivity (Wildman–Crippen MR) is 149 cm³/mol. The van der Waals surface area contributed by atoms with Gasteiger partial charge in [-0.1, -0.05) is 91.0 Å². The number of anilines is 4. The normalized spacial score (nSPS) is 10.8. The van der Waals surface area contributed by atoms with Gasteiger partial charge in [0.15, 0.2) is 0 Å². The lowest BCUT2D eigenvalue weighted by atomic mass is 9.85.